The van der Waals surface area contributed by atoms with Crippen LogP contribution < -0.4 is 5.32 Å². The molecule has 0 atom stereocenters. The molecule has 1 N–H and O–H groups in total. The van der Waals surface area contributed by atoms with Gasteiger partial charge in [-0.1, -0.05) is 39.0 Å². The molecule has 0 heterocycles. The third-order valence-corrected chi connectivity index (χ3v) is 3.99. The summed E-state index contributed by atoms with van der Waals surface area (Å²) in [5, 5.41) is 3.03. The van der Waals surface area contributed by atoms with Crippen LogP contribution in [0.15, 0.2) is 0 Å². The van der Waals surface area contributed by atoms with E-state index >= 15 is 0 Å². The molecule has 0 aromatic rings. The minimum absolute atomic E-state index is 0.223. The van der Waals surface area contributed by atoms with Crippen molar-refractivity contribution in [1.82, 2.24) is 10.2 Å². The molecule has 0 saturated heterocycles. The van der Waals surface area contributed by atoms with Gasteiger partial charge in [0.2, 0.25) is 5.91 Å². The van der Waals surface area contributed by atoms with Crippen molar-refractivity contribution in [3.05, 3.63) is 0 Å². The summed E-state index contributed by atoms with van der Waals surface area (Å²) < 4.78 is 0. The number of hydrogen-bond donors (Lipinski definition) is 1. The van der Waals surface area contributed by atoms with Crippen LogP contribution >= 0.6 is 0 Å². The first kappa shape index (κ1) is 15.5. The van der Waals surface area contributed by atoms with Gasteiger partial charge in [0.05, 0.1) is 0 Å². The third-order valence-electron chi connectivity index (χ3n) is 3.99. The minimum Gasteiger partial charge on any atom is -0.355 e. The maximum Gasteiger partial charge on any atom is 0.220 e. The molecule has 0 aromatic carbocycles. The Kier molecular flexibility index (Phi) is 8.06. The van der Waals surface area contributed by atoms with Crippen molar-refractivity contribution in [3.8, 4) is 0 Å². The van der Waals surface area contributed by atoms with Gasteiger partial charge in [-0.15, -0.1) is 0 Å². The number of nitrogens with one attached hydrogen (secondary N) is 1. The van der Waals surface area contributed by atoms with Crippen LogP contribution in [0.2, 0.25) is 0 Å². The van der Waals surface area contributed by atoms with Gasteiger partial charge in [0, 0.05) is 25.6 Å². The smallest absolute Gasteiger partial charge is 0.220 e. The molecule has 1 rings (SSSR count). The molecule has 106 valence electrons. The quantitative estimate of drug-likeness (QED) is 0.675. The van der Waals surface area contributed by atoms with E-state index in [4.69, 9.17) is 0 Å². The number of likely N-dealkylation sites (N-methyl/N-ethyl adjacent to an activating group) is 1. The fraction of sp³-hybridized carbons (Fsp3) is 0.933. The van der Waals surface area contributed by atoms with E-state index in [9.17, 15) is 4.79 Å². The normalized spacial score (nSPS) is 17.1. The summed E-state index contributed by atoms with van der Waals surface area (Å²) in [6.07, 6.45) is 10.9. The van der Waals surface area contributed by atoms with E-state index in [0.29, 0.717) is 6.42 Å². The van der Waals surface area contributed by atoms with Gasteiger partial charge in [0.25, 0.3) is 0 Å². The topological polar surface area (TPSA) is 32.3 Å². The number of rotatable bonds is 8. The van der Waals surface area contributed by atoms with Crippen LogP contribution in [0.3, 0.4) is 0 Å². The second kappa shape index (κ2) is 9.37. The predicted molar refractivity (Wildman–Crippen MR) is 76.7 cm³/mol. The highest BCUT2D eigenvalue weighted by atomic mass is 16.1. The van der Waals surface area contributed by atoms with Crippen LogP contribution in [0.1, 0.15) is 64.7 Å². The average Bonchev–Trinajstić information content (AvgIpc) is 2.40. The summed E-state index contributed by atoms with van der Waals surface area (Å²) in [5.41, 5.74) is 0. The van der Waals surface area contributed by atoms with Gasteiger partial charge in [-0.2, -0.15) is 0 Å². The van der Waals surface area contributed by atoms with Gasteiger partial charge >= 0.3 is 0 Å². The first-order chi connectivity index (χ1) is 8.74. The molecule has 0 radical (unpaired) electrons. The molecule has 3 heteroatoms. The lowest BCUT2D eigenvalue weighted by molar-refractivity contribution is -0.121. The Balaban J connectivity index is 2.03. The van der Waals surface area contributed by atoms with E-state index in [1.807, 2.05) is 0 Å². The Morgan fingerprint density at radius 3 is 2.61 bits per heavy atom. The van der Waals surface area contributed by atoms with Gasteiger partial charge < -0.3 is 10.2 Å². The second-order valence-electron chi connectivity index (χ2n) is 5.58. The van der Waals surface area contributed by atoms with E-state index in [2.05, 4.69) is 24.2 Å². The molecule has 0 aliphatic heterocycles. The Hall–Kier alpha value is -0.570. The van der Waals surface area contributed by atoms with Gasteiger partial charge in [-0.3, -0.25) is 4.79 Å². The summed E-state index contributed by atoms with van der Waals surface area (Å²) in [6.45, 7) is 3.96. The Morgan fingerprint density at radius 1 is 1.22 bits per heavy atom. The van der Waals surface area contributed by atoms with Gasteiger partial charge in [-0.05, 0) is 26.3 Å². The largest absolute Gasteiger partial charge is 0.355 e. The van der Waals surface area contributed by atoms with Crippen LogP contribution in [-0.4, -0.2) is 37.0 Å². The Bertz CT molecular complexity index is 225. The van der Waals surface area contributed by atoms with Crippen LogP contribution in [0.25, 0.3) is 0 Å². The molecule has 0 aromatic heterocycles. The molecular weight excluding hydrogens is 224 g/mol. The van der Waals surface area contributed by atoms with Gasteiger partial charge in [0.15, 0.2) is 0 Å². The third kappa shape index (κ3) is 6.39. The lowest BCUT2D eigenvalue weighted by Gasteiger charge is -2.31. The highest BCUT2D eigenvalue weighted by Crippen LogP contribution is 2.21. The monoisotopic (exact) mass is 254 g/mol. The number of hydrogen-bond acceptors (Lipinski definition) is 2. The second-order valence-corrected chi connectivity index (χ2v) is 5.58. The summed E-state index contributed by atoms with van der Waals surface area (Å²) >= 11 is 0. The molecule has 1 aliphatic rings. The first-order valence-corrected chi connectivity index (χ1v) is 7.71. The number of carbonyl (C=O) groups is 1. The van der Waals surface area contributed by atoms with E-state index in [1.54, 1.807) is 0 Å². The van der Waals surface area contributed by atoms with Crippen molar-refractivity contribution >= 4 is 5.91 Å². The van der Waals surface area contributed by atoms with E-state index in [1.165, 1.54) is 38.5 Å². The van der Waals surface area contributed by atoms with Crippen molar-refractivity contribution in [2.75, 3.05) is 20.1 Å². The summed E-state index contributed by atoms with van der Waals surface area (Å²) in [5.74, 6) is 0.223. The van der Waals surface area contributed by atoms with Crippen molar-refractivity contribution in [2.24, 2.45) is 0 Å². The standard InChI is InChI=1S/C15H30N2O/c1-3-4-6-11-15(18)16-12-13-17(2)14-9-7-5-8-10-14/h14H,3-13H2,1-2H3,(H,16,18). The molecule has 1 aliphatic carbocycles. The van der Waals surface area contributed by atoms with E-state index in [0.717, 1.165) is 32.0 Å². The lowest BCUT2D eigenvalue weighted by atomic mass is 9.94. The van der Waals surface area contributed by atoms with Crippen molar-refractivity contribution in [3.63, 3.8) is 0 Å². The first-order valence-electron chi connectivity index (χ1n) is 7.71. The predicted octanol–water partition coefficient (Wildman–Crippen LogP) is 2.95. The highest BCUT2D eigenvalue weighted by molar-refractivity contribution is 5.75. The fourth-order valence-electron chi connectivity index (χ4n) is 2.70. The average molecular weight is 254 g/mol. The molecule has 18 heavy (non-hydrogen) atoms. The zero-order chi connectivity index (χ0) is 13.2. The number of amides is 1. The molecule has 0 bridgehead atoms. The molecule has 1 amide bonds. The zero-order valence-electron chi connectivity index (χ0n) is 12.2. The molecule has 0 unspecified atom stereocenters. The molecule has 1 fully saturated rings. The fourth-order valence-corrected chi connectivity index (χ4v) is 2.70. The van der Waals surface area contributed by atoms with Crippen LogP contribution in [0.5, 0.6) is 0 Å². The number of unbranched alkanes of at least 4 members (excludes halogenated alkanes) is 2. The van der Waals surface area contributed by atoms with E-state index < -0.39 is 0 Å². The molecule has 3 nitrogen and oxygen atoms in total. The van der Waals surface area contributed by atoms with Crippen LogP contribution in [-0.2, 0) is 4.79 Å². The maximum atomic E-state index is 11.5. The number of carbonyl (C=O) groups excluding carboxylic acids is 1. The van der Waals surface area contributed by atoms with E-state index in [-0.39, 0.29) is 5.91 Å². The molecule has 1 saturated carbocycles. The Morgan fingerprint density at radius 2 is 1.94 bits per heavy atom. The van der Waals surface area contributed by atoms with Gasteiger partial charge in [-0.25, -0.2) is 0 Å². The van der Waals surface area contributed by atoms with Crippen molar-refractivity contribution in [1.29, 1.82) is 0 Å². The summed E-state index contributed by atoms with van der Waals surface area (Å²) in [7, 11) is 2.19. The maximum absolute atomic E-state index is 11.5. The highest BCUT2D eigenvalue weighted by Gasteiger charge is 2.17. The molecular formula is C15H30N2O. The van der Waals surface area contributed by atoms with Crippen LogP contribution in [0.4, 0.5) is 0 Å². The minimum atomic E-state index is 0.223. The molecule has 0 spiro atoms. The van der Waals surface area contributed by atoms with Crippen molar-refractivity contribution < 1.29 is 4.79 Å². The lowest BCUT2D eigenvalue weighted by Crippen LogP contribution is -2.39. The summed E-state index contributed by atoms with van der Waals surface area (Å²) in [6, 6.07) is 0.746. The van der Waals surface area contributed by atoms with Gasteiger partial charge in [0.1, 0.15) is 0 Å². The summed E-state index contributed by atoms with van der Waals surface area (Å²) in [4.78, 5) is 14.0. The van der Waals surface area contributed by atoms with Crippen LogP contribution in [0, 0.1) is 0 Å². The van der Waals surface area contributed by atoms with Crippen molar-refractivity contribution in [2.45, 2.75) is 70.8 Å². The SMILES string of the molecule is CCCCCC(=O)NCCN(C)C1CCCCC1. The Labute approximate surface area is 112 Å². The zero-order valence-corrected chi connectivity index (χ0v) is 12.2. The number of nitrogens with zero attached hydrogens (tertiary/aromatic N) is 1.